The molecule has 0 radical (unpaired) electrons. The Hall–Kier alpha value is -1.52. The molecule has 0 saturated heterocycles. The standard InChI is InChI=1S/C12H10ClNO2S/c13-9-4-1-5-10(11(9)12(15)16)14-7-8-3-2-6-17-8/h1-6,14H,7H2,(H,15,16). The summed E-state index contributed by atoms with van der Waals surface area (Å²) in [6.45, 7) is 0.596. The number of hydrogen-bond donors (Lipinski definition) is 2. The summed E-state index contributed by atoms with van der Waals surface area (Å²) in [6.07, 6.45) is 0. The van der Waals surface area contributed by atoms with Crippen molar-refractivity contribution >= 4 is 34.6 Å². The van der Waals surface area contributed by atoms with Crippen LogP contribution in [-0.2, 0) is 6.54 Å². The first-order chi connectivity index (χ1) is 8.18. The zero-order valence-electron chi connectivity index (χ0n) is 8.81. The lowest BCUT2D eigenvalue weighted by Gasteiger charge is -2.09. The Balaban J connectivity index is 2.21. The van der Waals surface area contributed by atoms with Crippen LogP contribution in [0.25, 0.3) is 0 Å². The maximum atomic E-state index is 11.1. The molecule has 0 fully saturated rings. The van der Waals surface area contributed by atoms with Gasteiger partial charge in [0.15, 0.2) is 0 Å². The predicted octanol–water partition coefficient (Wildman–Crippen LogP) is 3.71. The molecule has 0 amide bonds. The Morgan fingerprint density at radius 3 is 2.82 bits per heavy atom. The van der Waals surface area contributed by atoms with Gasteiger partial charge in [0.2, 0.25) is 0 Å². The first-order valence-electron chi connectivity index (χ1n) is 4.96. The third kappa shape index (κ3) is 2.78. The first kappa shape index (κ1) is 12.0. The van der Waals surface area contributed by atoms with Crippen LogP contribution in [0.4, 0.5) is 5.69 Å². The molecular formula is C12H10ClNO2S. The van der Waals surface area contributed by atoms with Gasteiger partial charge in [0.25, 0.3) is 0 Å². The lowest BCUT2D eigenvalue weighted by atomic mass is 10.2. The molecular weight excluding hydrogens is 258 g/mol. The fourth-order valence-corrected chi connectivity index (χ4v) is 2.38. The number of hydrogen-bond acceptors (Lipinski definition) is 3. The van der Waals surface area contributed by atoms with Crippen molar-refractivity contribution in [2.24, 2.45) is 0 Å². The van der Waals surface area contributed by atoms with Gasteiger partial charge >= 0.3 is 5.97 Å². The Morgan fingerprint density at radius 1 is 1.35 bits per heavy atom. The van der Waals surface area contributed by atoms with Crippen molar-refractivity contribution in [1.29, 1.82) is 0 Å². The average molecular weight is 268 g/mol. The van der Waals surface area contributed by atoms with Crippen molar-refractivity contribution in [1.82, 2.24) is 0 Å². The smallest absolute Gasteiger partial charge is 0.339 e. The van der Waals surface area contributed by atoms with E-state index in [0.29, 0.717) is 12.2 Å². The summed E-state index contributed by atoms with van der Waals surface area (Å²) < 4.78 is 0. The van der Waals surface area contributed by atoms with E-state index in [4.69, 9.17) is 16.7 Å². The van der Waals surface area contributed by atoms with Gasteiger partial charge in [0, 0.05) is 11.4 Å². The van der Waals surface area contributed by atoms with Crippen molar-refractivity contribution in [3.63, 3.8) is 0 Å². The van der Waals surface area contributed by atoms with E-state index in [2.05, 4.69) is 5.32 Å². The number of rotatable bonds is 4. The first-order valence-corrected chi connectivity index (χ1v) is 6.22. The van der Waals surface area contributed by atoms with Crippen molar-refractivity contribution in [2.75, 3.05) is 5.32 Å². The zero-order valence-corrected chi connectivity index (χ0v) is 10.4. The van der Waals surface area contributed by atoms with E-state index in [-0.39, 0.29) is 10.6 Å². The largest absolute Gasteiger partial charge is 0.478 e. The second kappa shape index (κ2) is 5.21. The molecule has 1 heterocycles. The monoisotopic (exact) mass is 267 g/mol. The van der Waals surface area contributed by atoms with Gasteiger partial charge in [-0.2, -0.15) is 0 Å². The molecule has 0 aliphatic carbocycles. The molecule has 17 heavy (non-hydrogen) atoms. The summed E-state index contributed by atoms with van der Waals surface area (Å²) in [5.41, 5.74) is 0.657. The minimum absolute atomic E-state index is 0.116. The Bertz CT molecular complexity index is 525. The number of carboxylic acids is 1. The normalized spacial score (nSPS) is 10.2. The third-order valence-corrected chi connectivity index (χ3v) is 3.45. The minimum Gasteiger partial charge on any atom is -0.478 e. The molecule has 1 aromatic carbocycles. The second-order valence-corrected chi connectivity index (χ2v) is 4.84. The van der Waals surface area contributed by atoms with Gasteiger partial charge < -0.3 is 10.4 Å². The Morgan fingerprint density at radius 2 is 2.18 bits per heavy atom. The molecule has 88 valence electrons. The number of nitrogens with one attached hydrogen (secondary N) is 1. The predicted molar refractivity (Wildman–Crippen MR) is 70.1 cm³/mol. The number of thiophene rings is 1. The number of halogens is 1. The van der Waals surface area contributed by atoms with Gasteiger partial charge in [0.05, 0.1) is 10.7 Å². The van der Waals surface area contributed by atoms with Gasteiger partial charge in [-0.15, -0.1) is 11.3 Å². The average Bonchev–Trinajstić information content (AvgIpc) is 2.78. The molecule has 1 aromatic heterocycles. The number of carbonyl (C=O) groups is 1. The van der Waals surface area contributed by atoms with Crippen LogP contribution in [-0.4, -0.2) is 11.1 Å². The molecule has 0 unspecified atom stereocenters. The SMILES string of the molecule is O=C(O)c1c(Cl)cccc1NCc1cccs1. The van der Waals surface area contributed by atoms with E-state index in [9.17, 15) is 4.79 Å². The topological polar surface area (TPSA) is 49.3 Å². The quantitative estimate of drug-likeness (QED) is 0.888. The van der Waals surface area contributed by atoms with E-state index in [1.54, 1.807) is 29.5 Å². The maximum Gasteiger partial charge on any atom is 0.339 e. The summed E-state index contributed by atoms with van der Waals surface area (Å²) >= 11 is 7.48. The van der Waals surface area contributed by atoms with E-state index >= 15 is 0 Å². The maximum absolute atomic E-state index is 11.1. The molecule has 0 saturated carbocycles. The van der Waals surface area contributed by atoms with Gasteiger partial charge in [0.1, 0.15) is 5.56 Å². The third-order valence-electron chi connectivity index (χ3n) is 2.26. The Labute approximate surface area is 108 Å². The number of anilines is 1. The highest BCUT2D eigenvalue weighted by molar-refractivity contribution is 7.09. The lowest BCUT2D eigenvalue weighted by Crippen LogP contribution is -2.06. The Kier molecular flexibility index (Phi) is 3.66. The van der Waals surface area contributed by atoms with Crippen LogP contribution in [0.2, 0.25) is 5.02 Å². The van der Waals surface area contributed by atoms with Crippen LogP contribution in [0, 0.1) is 0 Å². The summed E-state index contributed by atoms with van der Waals surface area (Å²) in [5, 5.41) is 14.4. The summed E-state index contributed by atoms with van der Waals surface area (Å²) in [7, 11) is 0. The highest BCUT2D eigenvalue weighted by Gasteiger charge is 2.13. The van der Waals surface area contributed by atoms with Gasteiger partial charge in [-0.05, 0) is 23.6 Å². The van der Waals surface area contributed by atoms with Crippen LogP contribution >= 0.6 is 22.9 Å². The van der Waals surface area contributed by atoms with Crippen LogP contribution in [0.1, 0.15) is 15.2 Å². The number of benzene rings is 1. The van der Waals surface area contributed by atoms with E-state index < -0.39 is 5.97 Å². The minimum atomic E-state index is -1.02. The molecule has 3 nitrogen and oxygen atoms in total. The highest BCUT2D eigenvalue weighted by Crippen LogP contribution is 2.25. The van der Waals surface area contributed by atoms with Gasteiger partial charge in [-0.3, -0.25) is 0 Å². The van der Waals surface area contributed by atoms with Crippen LogP contribution < -0.4 is 5.32 Å². The molecule has 0 bridgehead atoms. The molecule has 0 spiro atoms. The van der Waals surface area contributed by atoms with Crippen molar-refractivity contribution < 1.29 is 9.90 Å². The van der Waals surface area contributed by atoms with Crippen molar-refractivity contribution in [3.8, 4) is 0 Å². The zero-order chi connectivity index (χ0) is 12.3. The van der Waals surface area contributed by atoms with E-state index in [1.165, 1.54) is 0 Å². The fraction of sp³-hybridized carbons (Fsp3) is 0.0833. The molecule has 0 atom stereocenters. The summed E-state index contributed by atoms with van der Waals surface area (Å²) in [4.78, 5) is 12.2. The van der Waals surface area contributed by atoms with E-state index in [1.807, 2.05) is 17.5 Å². The second-order valence-electron chi connectivity index (χ2n) is 3.40. The van der Waals surface area contributed by atoms with Crippen LogP contribution in [0.3, 0.4) is 0 Å². The molecule has 2 N–H and O–H groups in total. The molecule has 0 aliphatic rings. The highest BCUT2D eigenvalue weighted by atomic mass is 35.5. The molecule has 2 aromatic rings. The van der Waals surface area contributed by atoms with Crippen molar-refractivity contribution in [2.45, 2.75) is 6.54 Å². The summed E-state index contributed by atoms with van der Waals surface area (Å²) in [5.74, 6) is -1.02. The molecule has 2 rings (SSSR count). The summed E-state index contributed by atoms with van der Waals surface area (Å²) in [6, 6.07) is 8.95. The molecule has 5 heteroatoms. The van der Waals surface area contributed by atoms with Crippen LogP contribution in [0.5, 0.6) is 0 Å². The number of aromatic carboxylic acids is 1. The van der Waals surface area contributed by atoms with Gasteiger partial charge in [-0.25, -0.2) is 4.79 Å². The fourth-order valence-electron chi connectivity index (χ4n) is 1.48. The lowest BCUT2D eigenvalue weighted by molar-refractivity contribution is 0.0698. The van der Waals surface area contributed by atoms with Crippen molar-refractivity contribution in [3.05, 3.63) is 51.2 Å². The van der Waals surface area contributed by atoms with Gasteiger partial charge in [-0.1, -0.05) is 23.7 Å². The number of carboxylic acid groups (broad SMARTS) is 1. The molecule has 0 aliphatic heterocycles. The van der Waals surface area contributed by atoms with E-state index in [0.717, 1.165) is 4.88 Å². The van der Waals surface area contributed by atoms with Crippen LogP contribution in [0.15, 0.2) is 35.7 Å².